The number of benzene rings is 1. The Balaban J connectivity index is 2.53. The van der Waals surface area contributed by atoms with Gasteiger partial charge in [-0.3, -0.25) is 4.79 Å². The van der Waals surface area contributed by atoms with Crippen molar-refractivity contribution in [2.24, 2.45) is 17.6 Å². The minimum Gasteiger partial charge on any atom is -0.330 e. The molecule has 0 fully saturated rings. The van der Waals surface area contributed by atoms with E-state index in [1.165, 1.54) is 0 Å². The molecule has 20 heavy (non-hydrogen) atoms. The summed E-state index contributed by atoms with van der Waals surface area (Å²) in [5, 5.41) is 3.61. The fraction of sp³-hybridized carbons (Fsp3) is 0.562. The summed E-state index contributed by atoms with van der Waals surface area (Å²) in [6.45, 7) is 6.94. The number of anilines is 1. The number of carbonyl (C=O) groups excluding carboxylic acids is 1. The van der Waals surface area contributed by atoms with Crippen molar-refractivity contribution in [3.63, 3.8) is 0 Å². The van der Waals surface area contributed by atoms with Crippen LogP contribution in [0.15, 0.2) is 18.2 Å². The first-order chi connectivity index (χ1) is 9.45. The summed E-state index contributed by atoms with van der Waals surface area (Å²) < 4.78 is 0. The quantitative estimate of drug-likeness (QED) is 0.799. The van der Waals surface area contributed by atoms with Crippen molar-refractivity contribution in [1.29, 1.82) is 0 Å². The third-order valence-electron chi connectivity index (χ3n) is 3.76. The molecule has 0 bridgehead atoms. The van der Waals surface area contributed by atoms with Gasteiger partial charge in [-0.2, -0.15) is 0 Å². The molecule has 1 aromatic carbocycles. The van der Waals surface area contributed by atoms with E-state index < -0.39 is 0 Å². The molecule has 1 unspecified atom stereocenters. The van der Waals surface area contributed by atoms with Gasteiger partial charge in [0.1, 0.15) is 0 Å². The van der Waals surface area contributed by atoms with E-state index in [9.17, 15) is 4.79 Å². The van der Waals surface area contributed by atoms with Crippen molar-refractivity contribution in [3.05, 3.63) is 28.8 Å². The smallest absolute Gasteiger partial charge is 0.224 e. The van der Waals surface area contributed by atoms with Crippen LogP contribution in [0.4, 0.5) is 5.69 Å². The molecule has 1 atom stereocenters. The van der Waals surface area contributed by atoms with Crippen LogP contribution in [0.25, 0.3) is 0 Å². The van der Waals surface area contributed by atoms with E-state index in [1.807, 2.05) is 25.1 Å². The van der Waals surface area contributed by atoms with Gasteiger partial charge in [-0.05, 0) is 55.8 Å². The van der Waals surface area contributed by atoms with E-state index in [0.717, 1.165) is 24.1 Å². The summed E-state index contributed by atoms with van der Waals surface area (Å²) in [7, 11) is 0. The van der Waals surface area contributed by atoms with Gasteiger partial charge in [0.05, 0.1) is 0 Å². The highest BCUT2D eigenvalue weighted by Crippen LogP contribution is 2.24. The molecule has 3 N–H and O–H groups in total. The molecule has 0 aromatic heterocycles. The average Bonchev–Trinajstić information content (AvgIpc) is 2.39. The number of rotatable bonds is 7. The molecule has 112 valence electrons. The minimum atomic E-state index is 0.0399. The lowest BCUT2D eigenvalue weighted by molar-refractivity contribution is -0.116. The Kier molecular flexibility index (Phi) is 7.03. The summed E-state index contributed by atoms with van der Waals surface area (Å²) in [6.07, 6.45) is 2.37. The number of nitrogens with two attached hydrogens (primary N) is 1. The first-order valence-electron chi connectivity index (χ1n) is 7.20. The molecule has 0 saturated heterocycles. The Morgan fingerprint density at radius 1 is 1.35 bits per heavy atom. The molecule has 0 aliphatic rings. The molecule has 0 aliphatic heterocycles. The van der Waals surface area contributed by atoms with Crippen molar-refractivity contribution < 1.29 is 4.79 Å². The maximum atomic E-state index is 12.0. The second-order valence-corrected chi connectivity index (χ2v) is 5.99. The van der Waals surface area contributed by atoms with E-state index in [4.69, 9.17) is 17.3 Å². The lowest BCUT2D eigenvalue weighted by atomic mass is 9.88. The van der Waals surface area contributed by atoms with Crippen LogP contribution in [-0.4, -0.2) is 12.5 Å². The molecule has 0 saturated carbocycles. The Bertz CT molecular complexity index is 446. The average molecular weight is 297 g/mol. The van der Waals surface area contributed by atoms with Crippen LogP contribution < -0.4 is 11.1 Å². The SMILES string of the molecule is Cc1c(Cl)cccc1NC(=O)CCC(CCN)C(C)C. The number of carbonyl (C=O) groups is 1. The summed E-state index contributed by atoms with van der Waals surface area (Å²) >= 11 is 6.04. The Morgan fingerprint density at radius 3 is 2.65 bits per heavy atom. The largest absolute Gasteiger partial charge is 0.330 e. The molecule has 0 radical (unpaired) electrons. The molecule has 0 heterocycles. The zero-order valence-electron chi connectivity index (χ0n) is 12.6. The maximum absolute atomic E-state index is 12.0. The summed E-state index contributed by atoms with van der Waals surface area (Å²) in [6, 6.07) is 5.54. The van der Waals surface area contributed by atoms with Crippen molar-refractivity contribution in [1.82, 2.24) is 0 Å². The maximum Gasteiger partial charge on any atom is 0.224 e. The summed E-state index contributed by atoms with van der Waals surface area (Å²) in [5.41, 5.74) is 7.32. The third-order valence-corrected chi connectivity index (χ3v) is 4.17. The van der Waals surface area contributed by atoms with Gasteiger partial charge in [-0.25, -0.2) is 0 Å². The van der Waals surface area contributed by atoms with E-state index in [0.29, 0.717) is 29.8 Å². The van der Waals surface area contributed by atoms with Crippen LogP contribution in [0.1, 0.15) is 38.7 Å². The fourth-order valence-electron chi connectivity index (χ4n) is 2.30. The topological polar surface area (TPSA) is 55.1 Å². The van der Waals surface area contributed by atoms with Gasteiger partial charge in [0, 0.05) is 17.1 Å². The van der Waals surface area contributed by atoms with Gasteiger partial charge in [-0.15, -0.1) is 0 Å². The summed E-state index contributed by atoms with van der Waals surface area (Å²) in [5.74, 6) is 1.10. The zero-order chi connectivity index (χ0) is 15.1. The standard InChI is InChI=1S/C16H25ClN2O/c1-11(2)13(9-10-18)7-8-16(20)19-15-6-4-5-14(17)12(15)3/h4-6,11,13H,7-10,18H2,1-3H3,(H,19,20). The lowest BCUT2D eigenvalue weighted by Gasteiger charge is -2.19. The fourth-order valence-corrected chi connectivity index (χ4v) is 2.47. The number of hydrogen-bond acceptors (Lipinski definition) is 2. The highest BCUT2D eigenvalue weighted by Gasteiger charge is 2.15. The molecule has 1 amide bonds. The predicted molar refractivity (Wildman–Crippen MR) is 86.1 cm³/mol. The lowest BCUT2D eigenvalue weighted by Crippen LogP contribution is -2.18. The number of amides is 1. The van der Waals surface area contributed by atoms with E-state index >= 15 is 0 Å². The van der Waals surface area contributed by atoms with Gasteiger partial charge < -0.3 is 11.1 Å². The zero-order valence-corrected chi connectivity index (χ0v) is 13.3. The van der Waals surface area contributed by atoms with Crippen molar-refractivity contribution in [3.8, 4) is 0 Å². The second-order valence-electron chi connectivity index (χ2n) is 5.58. The van der Waals surface area contributed by atoms with Gasteiger partial charge in [0.2, 0.25) is 5.91 Å². The predicted octanol–water partition coefficient (Wildman–Crippen LogP) is 3.99. The number of hydrogen-bond donors (Lipinski definition) is 2. The van der Waals surface area contributed by atoms with E-state index in [-0.39, 0.29) is 5.91 Å². The molecule has 0 aliphatic carbocycles. The van der Waals surface area contributed by atoms with E-state index in [2.05, 4.69) is 19.2 Å². The first kappa shape index (κ1) is 17.0. The van der Waals surface area contributed by atoms with Crippen LogP contribution >= 0.6 is 11.6 Å². The van der Waals surface area contributed by atoms with Crippen molar-refractivity contribution >= 4 is 23.2 Å². The van der Waals surface area contributed by atoms with E-state index in [1.54, 1.807) is 0 Å². The highest BCUT2D eigenvalue weighted by atomic mass is 35.5. The number of nitrogens with one attached hydrogen (secondary N) is 1. The molecular weight excluding hydrogens is 272 g/mol. The monoisotopic (exact) mass is 296 g/mol. The molecule has 0 spiro atoms. The van der Waals surface area contributed by atoms with Crippen LogP contribution in [0.3, 0.4) is 0 Å². The first-order valence-corrected chi connectivity index (χ1v) is 7.58. The molecule has 1 rings (SSSR count). The number of halogens is 1. The molecule has 1 aromatic rings. The summed E-state index contributed by atoms with van der Waals surface area (Å²) in [4.78, 5) is 12.0. The molecular formula is C16H25ClN2O. The minimum absolute atomic E-state index is 0.0399. The van der Waals surface area contributed by atoms with Gasteiger partial charge >= 0.3 is 0 Å². The van der Waals surface area contributed by atoms with Gasteiger partial charge in [-0.1, -0.05) is 31.5 Å². The van der Waals surface area contributed by atoms with Crippen molar-refractivity contribution in [2.75, 3.05) is 11.9 Å². The molecule has 4 heteroatoms. The second kappa shape index (κ2) is 8.28. The Hall–Kier alpha value is -1.06. The van der Waals surface area contributed by atoms with Gasteiger partial charge in [0.25, 0.3) is 0 Å². The highest BCUT2D eigenvalue weighted by molar-refractivity contribution is 6.31. The van der Waals surface area contributed by atoms with Crippen LogP contribution in [0.5, 0.6) is 0 Å². The molecule has 3 nitrogen and oxygen atoms in total. The van der Waals surface area contributed by atoms with Crippen LogP contribution in [-0.2, 0) is 4.79 Å². The van der Waals surface area contributed by atoms with Crippen molar-refractivity contribution in [2.45, 2.75) is 40.0 Å². The van der Waals surface area contributed by atoms with Gasteiger partial charge in [0.15, 0.2) is 0 Å². The Labute approximate surface area is 126 Å². The Morgan fingerprint density at radius 2 is 2.05 bits per heavy atom. The van der Waals surface area contributed by atoms with Crippen LogP contribution in [0.2, 0.25) is 5.02 Å². The third kappa shape index (κ3) is 5.14. The van der Waals surface area contributed by atoms with Crippen LogP contribution in [0, 0.1) is 18.8 Å². The normalized spacial score (nSPS) is 12.5.